The molecule has 1 saturated carbocycles. The van der Waals surface area contributed by atoms with Crippen molar-refractivity contribution in [2.75, 3.05) is 12.9 Å². The summed E-state index contributed by atoms with van der Waals surface area (Å²) in [6, 6.07) is 4.24. The quantitative estimate of drug-likeness (QED) is 0.601. The highest BCUT2D eigenvalue weighted by Gasteiger charge is 2.28. The number of hydrogen-bond donors (Lipinski definition) is 0. The third-order valence-electron chi connectivity index (χ3n) is 3.15. The molecule has 0 amide bonds. The monoisotopic (exact) mass is 308 g/mol. The van der Waals surface area contributed by atoms with Crippen molar-refractivity contribution >= 4 is 17.5 Å². The highest BCUT2D eigenvalue weighted by atomic mass is 32.2. The Balaban J connectivity index is 1.71. The van der Waals surface area contributed by atoms with Crippen molar-refractivity contribution in [3.8, 4) is 5.75 Å². The second-order valence-corrected chi connectivity index (χ2v) is 5.64. The average Bonchev–Trinajstić information content (AvgIpc) is 3.23. The van der Waals surface area contributed by atoms with Crippen LogP contribution in [0, 0.1) is 5.82 Å². The van der Waals surface area contributed by atoms with Gasteiger partial charge in [0.15, 0.2) is 5.78 Å². The normalized spacial score (nSPS) is 14.2. The summed E-state index contributed by atoms with van der Waals surface area (Å²) in [7, 11) is 1.45. The Morgan fingerprint density at radius 2 is 2.33 bits per heavy atom. The predicted octanol–water partition coefficient (Wildman–Crippen LogP) is 2.13. The van der Waals surface area contributed by atoms with Crippen LogP contribution in [0.15, 0.2) is 23.4 Å². The minimum Gasteiger partial charge on any atom is -0.496 e. The topological polar surface area (TPSA) is 69.9 Å². The van der Waals surface area contributed by atoms with Gasteiger partial charge in [0, 0.05) is 0 Å². The van der Waals surface area contributed by atoms with Crippen LogP contribution in [0.3, 0.4) is 0 Å². The molecule has 8 heteroatoms. The number of hydrogen-bond acceptors (Lipinski definition) is 6. The molecule has 0 aliphatic heterocycles. The molecule has 2 aromatic rings. The maximum absolute atomic E-state index is 13.3. The average molecular weight is 308 g/mol. The lowest BCUT2D eigenvalue weighted by Gasteiger charge is -2.07. The fourth-order valence-corrected chi connectivity index (χ4v) is 2.76. The molecular weight excluding hydrogens is 295 g/mol. The van der Waals surface area contributed by atoms with E-state index in [1.165, 1.54) is 37.1 Å². The highest BCUT2D eigenvalue weighted by Crippen LogP contribution is 2.36. The van der Waals surface area contributed by atoms with Gasteiger partial charge in [-0.15, -0.1) is 5.10 Å². The van der Waals surface area contributed by atoms with Gasteiger partial charge in [0.25, 0.3) is 0 Å². The molecular formula is C13H13FN4O2S. The molecule has 0 radical (unpaired) electrons. The largest absolute Gasteiger partial charge is 0.496 e. The van der Waals surface area contributed by atoms with Gasteiger partial charge in [0.1, 0.15) is 11.6 Å². The van der Waals surface area contributed by atoms with E-state index in [4.69, 9.17) is 4.74 Å². The number of benzene rings is 1. The van der Waals surface area contributed by atoms with Gasteiger partial charge in [-0.3, -0.25) is 4.79 Å². The lowest BCUT2D eigenvalue weighted by atomic mass is 10.1. The number of tetrazole rings is 1. The van der Waals surface area contributed by atoms with Crippen molar-refractivity contribution in [1.82, 2.24) is 20.2 Å². The summed E-state index contributed by atoms with van der Waals surface area (Å²) in [5, 5.41) is 12.1. The van der Waals surface area contributed by atoms with E-state index in [-0.39, 0.29) is 17.1 Å². The van der Waals surface area contributed by atoms with E-state index >= 15 is 0 Å². The number of aromatic nitrogens is 4. The van der Waals surface area contributed by atoms with Gasteiger partial charge < -0.3 is 4.74 Å². The molecule has 0 unspecified atom stereocenters. The molecule has 1 aliphatic rings. The Bertz CT molecular complexity index is 672. The first kappa shape index (κ1) is 14.0. The zero-order valence-corrected chi connectivity index (χ0v) is 12.1. The molecule has 21 heavy (non-hydrogen) atoms. The van der Waals surface area contributed by atoms with Crippen LogP contribution in [0.2, 0.25) is 0 Å². The Hall–Kier alpha value is -1.96. The number of halogens is 1. The molecule has 0 atom stereocenters. The number of carbonyl (C=O) groups is 1. The zero-order valence-electron chi connectivity index (χ0n) is 11.3. The number of thioether (sulfide) groups is 1. The summed E-state index contributed by atoms with van der Waals surface area (Å²) in [4.78, 5) is 12.2. The van der Waals surface area contributed by atoms with E-state index in [0.29, 0.717) is 16.9 Å². The molecule has 1 fully saturated rings. The first-order valence-electron chi connectivity index (χ1n) is 6.46. The fourth-order valence-electron chi connectivity index (χ4n) is 1.93. The van der Waals surface area contributed by atoms with Gasteiger partial charge >= 0.3 is 0 Å². The number of nitrogens with zero attached hydrogens (tertiary/aromatic N) is 4. The number of Topliss-reactive ketones (excluding diaryl/α,β-unsaturated/α-hetero) is 1. The van der Waals surface area contributed by atoms with Gasteiger partial charge in [-0.2, -0.15) is 0 Å². The van der Waals surface area contributed by atoms with Gasteiger partial charge in [-0.1, -0.05) is 11.8 Å². The second-order valence-electron chi connectivity index (χ2n) is 4.69. The van der Waals surface area contributed by atoms with Gasteiger partial charge in [-0.05, 0) is 41.5 Å². The Labute approximate surface area is 124 Å². The van der Waals surface area contributed by atoms with Crippen LogP contribution in [-0.2, 0) is 0 Å². The van der Waals surface area contributed by atoms with E-state index < -0.39 is 5.82 Å². The second kappa shape index (κ2) is 5.80. The van der Waals surface area contributed by atoms with Crippen molar-refractivity contribution in [3.05, 3.63) is 29.6 Å². The lowest BCUT2D eigenvalue weighted by molar-refractivity contribution is 0.101. The van der Waals surface area contributed by atoms with Gasteiger partial charge in [0.05, 0.1) is 24.5 Å². The van der Waals surface area contributed by atoms with Crippen molar-refractivity contribution in [2.45, 2.75) is 24.0 Å². The molecule has 3 rings (SSSR count). The number of ether oxygens (including phenoxy) is 1. The Kier molecular flexibility index (Phi) is 3.87. The summed E-state index contributed by atoms with van der Waals surface area (Å²) in [6.45, 7) is 0. The number of methoxy groups -OCH3 is 1. The van der Waals surface area contributed by atoms with Crippen molar-refractivity contribution in [3.63, 3.8) is 0 Å². The van der Waals surface area contributed by atoms with Crippen molar-refractivity contribution in [2.24, 2.45) is 0 Å². The molecule has 1 aliphatic carbocycles. The third kappa shape index (κ3) is 3.05. The van der Waals surface area contributed by atoms with Gasteiger partial charge in [-0.25, -0.2) is 9.07 Å². The van der Waals surface area contributed by atoms with Crippen LogP contribution in [-0.4, -0.2) is 38.9 Å². The molecule has 1 aromatic heterocycles. The number of ketones is 1. The van der Waals surface area contributed by atoms with E-state index in [1.54, 1.807) is 4.68 Å². The summed E-state index contributed by atoms with van der Waals surface area (Å²) < 4.78 is 20.1. The minimum atomic E-state index is -0.466. The molecule has 0 N–H and O–H groups in total. The third-order valence-corrected chi connectivity index (χ3v) is 4.08. The summed E-state index contributed by atoms with van der Waals surface area (Å²) in [5.74, 6) is -0.190. The van der Waals surface area contributed by atoms with Crippen LogP contribution in [0.25, 0.3) is 0 Å². The maximum atomic E-state index is 13.3. The first-order chi connectivity index (χ1) is 10.2. The van der Waals surface area contributed by atoms with E-state index in [0.717, 1.165) is 12.8 Å². The van der Waals surface area contributed by atoms with Crippen molar-refractivity contribution in [1.29, 1.82) is 0 Å². The van der Waals surface area contributed by atoms with Gasteiger partial charge in [0.2, 0.25) is 5.16 Å². The number of carbonyl (C=O) groups excluding carboxylic acids is 1. The molecule has 0 saturated heterocycles. The van der Waals surface area contributed by atoms with Crippen LogP contribution < -0.4 is 4.74 Å². The first-order valence-corrected chi connectivity index (χ1v) is 7.45. The minimum absolute atomic E-state index is 0.132. The standard InChI is InChI=1S/C13H13FN4O2S/c1-20-12-5-2-8(14)6-10(12)11(19)7-21-13-15-16-17-18(13)9-3-4-9/h2,5-6,9H,3-4,7H2,1H3. The molecule has 110 valence electrons. The highest BCUT2D eigenvalue weighted by molar-refractivity contribution is 7.99. The lowest BCUT2D eigenvalue weighted by Crippen LogP contribution is -2.07. The SMILES string of the molecule is COc1ccc(F)cc1C(=O)CSc1nnnn1C1CC1. The van der Waals surface area contributed by atoms with Crippen molar-refractivity contribution < 1.29 is 13.9 Å². The van der Waals surface area contributed by atoms with E-state index in [9.17, 15) is 9.18 Å². The van der Waals surface area contributed by atoms with Crippen LogP contribution >= 0.6 is 11.8 Å². The summed E-state index contributed by atoms with van der Waals surface area (Å²) in [6.07, 6.45) is 2.12. The van der Waals surface area contributed by atoms with Crippen LogP contribution in [0.5, 0.6) is 5.75 Å². The molecule has 1 aromatic carbocycles. The van der Waals surface area contributed by atoms with E-state index in [1.807, 2.05) is 0 Å². The smallest absolute Gasteiger partial charge is 0.210 e. The molecule has 0 bridgehead atoms. The molecule has 1 heterocycles. The molecule has 6 nitrogen and oxygen atoms in total. The Morgan fingerprint density at radius 1 is 1.52 bits per heavy atom. The summed E-state index contributed by atoms with van der Waals surface area (Å²) >= 11 is 1.25. The maximum Gasteiger partial charge on any atom is 0.210 e. The predicted molar refractivity (Wildman–Crippen MR) is 74.1 cm³/mol. The summed E-state index contributed by atoms with van der Waals surface area (Å²) in [5.41, 5.74) is 0.232. The van der Waals surface area contributed by atoms with Crippen LogP contribution in [0.4, 0.5) is 4.39 Å². The number of rotatable bonds is 6. The van der Waals surface area contributed by atoms with E-state index in [2.05, 4.69) is 15.5 Å². The zero-order chi connectivity index (χ0) is 14.8. The Morgan fingerprint density at radius 3 is 3.05 bits per heavy atom. The molecule has 0 spiro atoms. The fraction of sp³-hybridized carbons (Fsp3) is 0.385. The van der Waals surface area contributed by atoms with Crippen LogP contribution in [0.1, 0.15) is 29.2 Å².